The third kappa shape index (κ3) is 24.1. The molecule has 2 atom stereocenters. The molecule has 0 amide bonds. The lowest BCUT2D eigenvalue weighted by atomic mass is 10.1. The number of hydrogen-bond acceptors (Lipinski definition) is 2. The maximum Gasteiger partial charge on any atom is 0.133 e. The Bertz CT molecular complexity index is 645. The lowest BCUT2D eigenvalue weighted by molar-refractivity contribution is 0.208. The molecule has 0 aliphatic rings. The van der Waals surface area contributed by atoms with E-state index < -0.39 is 12.2 Å². The van der Waals surface area contributed by atoms with Gasteiger partial charge in [0.2, 0.25) is 0 Å². The summed E-state index contributed by atoms with van der Waals surface area (Å²) < 4.78 is 0. The van der Waals surface area contributed by atoms with Crippen LogP contribution >= 0.6 is 0 Å². The number of unbranched alkanes of at least 4 members (excludes halogenated alkanes) is 12. The van der Waals surface area contributed by atoms with Gasteiger partial charge in [0.1, 0.15) is 6.10 Å². The van der Waals surface area contributed by atoms with Crippen molar-refractivity contribution in [3.63, 3.8) is 0 Å². The van der Waals surface area contributed by atoms with E-state index in [1.165, 1.54) is 57.8 Å². The number of rotatable bonds is 19. The third-order valence-electron chi connectivity index (χ3n) is 5.21. The minimum absolute atomic E-state index is 0.393. The summed E-state index contributed by atoms with van der Waals surface area (Å²) in [5.41, 5.74) is 0. The van der Waals surface area contributed by atoms with Gasteiger partial charge in [-0.3, -0.25) is 0 Å². The van der Waals surface area contributed by atoms with Crippen molar-refractivity contribution < 1.29 is 10.2 Å². The lowest BCUT2D eigenvalue weighted by Gasteiger charge is -2.04. The molecule has 0 aliphatic heterocycles. The highest BCUT2D eigenvalue weighted by molar-refractivity contribution is 5.10. The summed E-state index contributed by atoms with van der Waals surface area (Å²) in [6, 6.07) is 0. The average molecular weight is 437 g/mol. The van der Waals surface area contributed by atoms with E-state index in [9.17, 15) is 10.2 Å². The second-order valence-corrected chi connectivity index (χ2v) is 8.17. The molecule has 0 radical (unpaired) electrons. The van der Waals surface area contributed by atoms with Gasteiger partial charge in [-0.15, -0.1) is 18.8 Å². The van der Waals surface area contributed by atoms with Gasteiger partial charge in [-0.2, -0.15) is 0 Å². The molecule has 0 fully saturated rings. The number of allylic oxidation sites excluding steroid dienone is 4. The van der Waals surface area contributed by atoms with Crippen LogP contribution in [0.25, 0.3) is 0 Å². The number of terminal acetylenes is 2. The fourth-order valence-corrected chi connectivity index (χ4v) is 3.29. The van der Waals surface area contributed by atoms with Gasteiger partial charge in [0.25, 0.3) is 0 Å². The highest BCUT2D eigenvalue weighted by Crippen LogP contribution is 2.10. The zero-order chi connectivity index (χ0) is 23.5. The molecule has 0 aliphatic carbocycles. The van der Waals surface area contributed by atoms with Crippen LogP contribution in [0.2, 0.25) is 0 Å². The number of hydrogen-bond donors (Lipinski definition) is 2. The van der Waals surface area contributed by atoms with E-state index in [2.05, 4.69) is 35.8 Å². The molecule has 0 aromatic rings. The summed E-state index contributed by atoms with van der Waals surface area (Å²) in [4.78, 5) is 0. The van der Waals surface area contributed by atoms with E-state index in [4.69, 9.17) is 12.8 Å². The van der Waals surface area contributed by atoms with Crippen molar-refractivity contribution >= 4 is 0 Å². The molecule has 176 valence electrons. The second-order valence-electron chi connectivity index (χ2n) is 8.17. The Labute approximate surface area is 198 Å². The van der Waals surface area contributed by atoms with Crippen molar-refractivity contribution in [2.75, 3.05) is 0 Å². The fourth-order valence-electron chi connectivity index (χ4n) is 3.29. The van der Waals surface area contributed by atoms with Gasteiger partial charge in [0, 0.05) is 12.8 Å². The lowest BCUT2D eigenvalue weighted by Crippen LogP contribution is -2.01. The van der Waals surface area contributed by atoms with Crippen molar-refractivity contribution in [3.8, 4) is 36.5 Å². The van der Waals surface area contributed by atoms with Crippen LogP contribution < -0.4 is 0 Å². The molecular formula is C30H44O2. The topological polar surface area (TPSA) is 40.5 Å². The zero-order valence-corrected chi connectivity index (χ0v) is 20.0. The van der Waals surface area contributed by atoms with Gasteiger partial charge in [0.15, 0.2) is 0 Å². The van der Waals surface area contributed by atoms with Crippen LogP contribution in [0, 0.1) is 36.5 Å². The molecule has 0 unspecified atom stereocenters. The summed E-state index contributed by atoms with van der Waals surface area (Å²) in [5.74, 6) is 11.2. The zero-order valence-electron chi connectivity index (χ0n) is 20.0. The Hall–Kier alpha value is -2.18. The summed E-state index contributed by atoms with van der Waals surface area (Å²) in [7, 11) is 0. The van der Waals surface area contributed by atoms with Crippen LogP contribution in [0.1, 0.15) is 103 Å². The van der Waals surface area contributed by atoms with Crippen LogP contribution in [0.4, 0.5) is 0 Å². The Balaban J connectivity index is 3.35. The maximum atomic E-state index is 9.64. The first-order valence-electron chi connectivity index (χ1n) is 12.4. The molecule has 2 N–H and O–H groups in total. The van der Waals surface area contributed by atoms with E-state index in [0.717, 1.165) is 44.9 Å². The van der Waals surface area contributed by atoms with Gasteiger partial charge in [-0.1, -0.05) is 87.4 Å². The molecule has 0 heterocycles. The normalized spacial score (nSPS) is 13.1. The average Bonchev–Trinajstić information content (AvgIpc) is 2.80. The van der Waals surface area contributed by atoms with Crippen LogP contribution in [0.3, 0.4) is 0 Å². The van der Waals surface area contributed by atoms with Crippen molar-refractivity contribution in [2.45, 2.75) is 115 Å². The molecule has 0 rings (SSSR count). The summed E-state index contributed by atoms with van der Waals surface area (Å²) in [6.07, 6.45) is 38.6. The second kappa shape index (κ2) is 25.1. The van der Waals surface area contributed by atoms with E-state index in [1.54, 1.807) is 18.2 Å². The van der Waals surface area contributed by atoms with Gasteiger partial charge in [-0.05, 0) is 56.8 Å². The standard InChI is InChI=1S/C30H44O2/c1-3-5-26-30(32)28-25-23-21-19-17-15-13-11-9-7-6-8-10-12-14-16-18-20-22-24-27-29(31)4-2/h1-2,5,11,13,24,26-27,29-32H,8-10,12,14-23,25,28H2/b13-11-,26-5-,27-24+/t29-,30+/m0/s1. The van der Waals surface area contributed by atoms with Crippen LogP contribution in [-0.4, -0.2) is 22.4 Å². The SMILES string of the molecule is C#C/C=C\[C@@H](O)CCCCCCC/C=C\CC#CCCCCCCCC/C=C/[C@@H](O)C#C. The van der Waals surface area contributed by atoms with E-state index in [0.29, 0.717) is 0 Å². The summed E-state index contributed by atoms with van der Waals surface area (Å²) >= 11 is 0. The number of aliphatic hydroxyl groups is 2. The monoisotopic (exact) mass is 436 g/mol. The molecule has 0 saturated carbocycles. The first kappa shape index (κ1) is 29.8. The van der Waals surface area contributed by atoms with E-state index >= 15 is 0 Å². The van der Waals surface area contributed by atoms with Gasteiger partial charge in [-0.25, -0.2) is 0 Å². The molecule has 2 nitrogen and oxygen atoms in total. The van der Waals surface area contributed by atoms with Gasteiger partial charge < -0.3 is 10.2 Å². The number of aliphatic hydroxyl groups excluding tert-OH is 2. The first-order chi connectivity index (χ1) is 15.7. The molecule has 0 aromatic carbocycles. The van der Waals surface area contributed by atoms with Gasteiger partial charge in [0.05, 0.1) is 6.10 Å². The van der Waals surface area contributed by atoms with Crippen LogP contribution in [-0.2, 0) is 0 Å². The largest absolute Gasteiger partial charge is 0.389 e. The molecule has 0 spiro atoms. The van der Waals surface area contributed by atoms with Gasteiger partial charge >= 0.3 is 0 Å². The first-order valence-corrected chi connectivity index (χ1v) is 12.4. The van der Waals surface area contributed by atoms with Crippen molar-refractivity contribution in [2.24, 2.45) is 0 Å². The predicted octanol–water partition coefficient (Wildman–Crippen LogP) is 6.89. The van der Waals surface area contributed by atoms with Crippen molar-refractivity contribution in [1.82, 2.24) is 0 Å². The smallest absolute Gasteiger partial charge is 0.133 e. The molecule has 0 saturated heterocycles. The Morgan fingerprint density at radius 2 is 1.28 bits per heavy atom. The molecule has 0 bridgehead atoms. The Morgan fingerprint density at radius 3 is 1.97 bits per heavy atom. The quantitative estimate of drug-likeness (QED) is 0.131. The highest BCUT2D eigenvalue weighted by Gasteiger charge is 1.98. The summed E-state index contributed by atoms with van der Waals surface area (Å²) in [5, 5.41) is 18.8. The van der Waals surface area contributed by atoms with E-state index in [1.807, 2.05) is 6.08 Å². The van der Waals surface area contributed by atoms with Crippen molar-refractivity contribution in [3.05, 3.63) is 36.5 Å². The Morgan fingerprint density at radius 1 is 0.656 bits per heavy atom. The Kier molecular flexibility index (Phi) is 23.4. The predicted molar refractivity (Wildman–Crippen MR) is 139 cm³/mol. The van der Waals surface area contributed by atoms with Crippen molar-refractivity contribution in [1.29, 1.82) is 0 Å². The van der Waals surface area contributed by atoms with E-state index in [-0.39, 0.29) is 0 Å². The van der Waals surface area contributed by atoms with Crippen LogP contribution in [0.5, 0.6) is 0 Å². The molecular weight excluding hydrogens is 392 g/mol. The molecule has 0 aromatic heterocycles. The molecule has 32 heavy (non-hydrogen) atoms. The van der Waals surface area contributed by atoms with Crippen LogP contribution in [0.15, 0.2) is 36.5 Å². The molecule has 2 heteroatoms. The highest BCUT2D eigenvalue weighted by atomic mass is 16.3. The maximum absolute atomic E-state index is 9.64. The minimum Gasteiger partial charge on any atom is -0.389 e. The fraction of sp³-hybridized carbons (Fsp3) is 0.600. The third-order valence-corrected chi connectivity index (χ3v) is 5.21. The minimum atomic E-state index is -0.734. The summed E-state index contributed by atoms with van der Waals surface area (Å²) in [6.45, 7) is 0.